The highest BCUT2D eigenvalue weighted by Crippen LogP contribution is 2.09. The molecule has 1 aromatic heterocycles. The van der Waals surface area contributed by atoms with Crippen LogP contribution in [0, 0.1) is 0 Å². The number of nitrogens with zero attached hydrogens (tertiary/aromatic N) is 2. The molecule has 2 N–H and O–H groups in total. The summed E-state index contributed by atoms with van der Waals surface area (Å²) in [6.45, 7) is 5.16. The van der Waals surface area contributed by atoms with Crippen molar-refractivity contribution in [2.75, 3.05) is 19.6 Å². The van der Waals surface area contributed by atoms with Crippen LogP contribution >= 0.6 is 35.6 Å². The molecule has 0 saturated carbocycles. The normalized spacial score (nSPS) is 11.0. The average Bonchev–Trinajstić information content (AvgIpc) is 2.64. The van der Waals surface area contributed by atoms with Crippen LogP contribution in [-0.4, -0.2) is 30.2 Å². The number of halogens is 2. The summed E-state index contributed by atoms with van der Waals surface area (Å²) >= 11 is 5.90. The van der Waals surface area contributed by atoms with Crippen molar-refractivity contribution in [2.45, 2.75) is 32.7 Å². The summed E-state index contributed by atoms with van der Waals surface area (Å²) in [4.78, 5) is 16.2. The molecule has 148 valence electrons. The van der Waals surface area contributed by atoms with Gasteiger partial charge >= 0.3 is 0 Å². The molecule has 0 aliphatic rings. The molecular weight excluding hydrogens is 475 g/mol. The topological polar surface area (TPSA) is 58.4 Å². The first-order chi connectivity index (χ1) is 12.7. The Morgan fingerprint density at radius 3 is 2.59 bits per heavy atom. The van der Waals surface area contributed by atoms with Crippen LogP contribution in [0.1, 0.15) is 25.3 Å². The first kappa shape index (κ1) is 23.5. The number of benzene rings is 1. The van der Waals surface area contributed by atoms with Crippen LogP contribution in [0.3, 0.4) is 0 Å². The molecule has 7 heteroatoms. The number of hydrogen-bond donors (Lipinski definition) is 2. The zero-order valence-corrected chi connectivity index (χ0v) is 18.7. The van der Waals surface area contributed by atoms with E-state index in [1.165, 1.54) is 5.56 Å². The van der Waals surface area contributed by atoms with Gasteiger partial charge in [-0.25, -0.2) is 0 Å². The van der Waals surface area contributed by atoms with Crippen molar-refractivity contribution >= 4 is 41.5 Å². The largest absolute Gasteiger partial charge is 0.357 e. The molecule has 0 aliphatic carbocycles. The molecule has 0 bridgehead atoms. The van der Waals surface area contributed by atoms with Crippen LogP contribution in [0.2, 0.25) is 5.02 Å². The summed E-state index contributed by atoms with van der Waals surface area (Å²) in [6, 6.07) is 13.1. The maximum Gasteiger partial charge on any atom is 0.250 e. The van der Waals surface area contributed by atoms with Gasteiger partial charge in [-0.1, -0.05) is 29.8 Å². The van der Waals surface area contributed by atoms with Gasteiger partial charge in [0.05, 0.1) is 0 Å². The molecule has 0 atom stereocenters. The van der Waals surface area contributed by atoms with Crippen molar-refractivity contribution in [2.24, 2.45) is 4.99 Å². The van der Waals surface area contributed by atoms with Crippen LogP contribution in [0.25, 0.3) is 0 Å². The molecular formula is C20H28ClIN4O. The monoisotopic (exact) mass is 502 g/mol. The van der Waals surface area contributed by atoms with E-state index in [4.69, 9.17) is 11.6 Å². The van der Waals surface area contributed by atoms with Crippen molar-refractivity contribution in [3.8, 4) is 0 Å². The number of rotatable bonds is 9. The Kier molecular flexibility index (Phi) is 11.8. The zero-order chi connectivity index (χ0) is 18.6. The van der Waals surface area contributed by atoms with E-state index >= 15 is 0 Å². The van der Waals surface area contributed by atoms with Crippen molar-refractivity contribution in [3.05, 3.63) is 69.6 Å². The molecule has 27 heavy (non-hydrogen) atoms. The molecule has 0 unspecified atom stereocenters. The summed E-state index contributed by atoms with van der Waals surface area (Å²) in [5, 5.41) is 7.37. The fourth-order valence-corrected chi connectivity index (χ4v) is 2.67. The van der Waals surface area contributed by atoms with E-state index in [1.807, 2.05) is 36.5 Å². The Hall–Kier alpha value is -1.54. The van der Waals surface area contributed by atoms with E-state index in [2.05, 4.69) is 22.5 Å². The zero-order valence-electron chi connectivity index (χ0n) is 15.7. The summed E-state index contributed by atoms with van der Waals surface area (Å²) in [6.07, 6.45) is 4.61. The van der Waals surface area contributed by atoms with E-state index in [9.17, 15) is 4.79 Å². The number of hydrogen-bond acceptors (Lipinski definition) is 2. The standard InChI is InChI=1S/C20H27ClN4O.HI/c1-2-22-20(24-14-12-17-8-10-18(21)11-9-17)23-13-4-6-16-25-15-5-3-7-19(25)26;/h3,5,7-11,15H,2,4,6,12-14,16H2,1H3,(H2,22,23,24);1H. The first-order valence-corrected chi connectivity index (χ1v) is 9.49. The van der Waals surface area contributed by atoms with Crippen LogP contribution in [-0.2, 0) is 13.0 Å². The number of pyridine rings is 1. The first-order valence-electron chi connectivity index (χ1n) is 9.11. The Morgan fingerprint density at radius 2 is 1.89 bits per heavy atom. The predicted molar refractivity (Wildman–Crippen MR) is 124 cm³/mol. The number of aryl methyl sites for hydroxylation is 1. The summed E-state index contributed by atoms with van der Waals surface area (Å²) in [5.41, 5.74) is 1.29. The highest BCUT2D eigenvalue weighted by molar-refractivity contribution is 14.0. The Bertz CT molecular complexity index is 746. The van der Waals surface area contributed by atoms with Gasteiger partial charge in [0.2, 0.25) is 5.56 Å². The van der Waals surface area contributed by atoms with Gasteiger partial charge in [-0.3, -0.25) is 9.79 Å². The number of unbranched alkanes of at least 4 members (excludes halogenated alkanes) is 1. The predicted octanol–water partition coefficient (Wildman–Crippen LogP) is 3.70. The van der Waals surface area contributed by atoms with Crippen LogP contribution in [0.5, 0.6) is 0 Å². The Labute approximate surface area is 183 Å². The minimum atomic E-state index is 0. The smallest absolute Gasteiger partial charge is 0.250 e. The van der Waals surface area contributed by atoms with Crippen LogP contribution in [0.15, 0.2) is 58.4 Å². The van der Waals surface area contributed by atoms with Crippen molar-refractivity contribution in [1.82, 2.24) is 15.2 Å². The lowest BCUT2D eigenvalue weighted by atomic mass is 10.1. The average molecular weight is 503 g/mol. The minimum absolute atomic E-state index is 0. The molecule has 2 aromatic rings. The van der Waals surface area contributed by atoms with E-state index in [0.717, 1.165) is 56.4 Å². The molecule has 1 heterocycles. The third kappa shape index (κ3) is 9.28. The van der Waals surface area contributed by atoms with Crippen molar-refractivity contribution < 1.29 is 0 Å². The highest BCUT2D eigenvalue weighted by atomic mass is 127. The van der Waals surface area contributed by atoms with Gasteiger partial charge < -0.3 is 15.2 Å². The van der Waals surface area contributed by atoms with E-state index < -0.39 is 0 Å². The SMILES string of the molecule is CCNC(=NCCCCn1ccccc1=O)NCCc1ccc(Cl)cc1.I. The van der Waals surface area contributed by atoms with Gasteiger partial charge in [0.15, 0.2) is 5.96 Å². The highest BCUT2D eigenvalue weighted by Gasteiger charge is 1.99. The Morgan fingerprint density at radius 1 is 1.11 bits per heavy atom. The third-order valence-electron chi connectivity index (χ3n) is 3.94. The second-order valence-electron chi connectivity index (χ2n) is 6.00. The van der Waals surface area contributed by atoms with Gasteiger partial charge in [0.1, 0.15) is 0 Å². The number of guanidine groups is 1. The second-order valence-corrected chi connectivity index (χ2v) is 6.44. The summed E-state index contributed by atoms with van der Waals surface area (Å²) in [5.74, 6) is 0.832. The fourth-order valence-electron chi connectivity index (χ4n) is 2.55. The maximum absolute atomic E-state index is 11.6. The summed E-state index contributed by atoms with van der Waals surface area (Å²) in [7, 11) is 0. The lowest BCUT2D eigenvalue weighted by Gasteiger charge is -2.11. The molecule has 5 nitrogen and oxygen atoms in total. The van der Waals surface area contributed by atoms with Gasteiger partial charge in [-0.05, 0) is 49.9 Å². The van der Waals surface area contributed by atoms with E-state index in [1.54, 1.807) is 16.7 Å². The molecule has 1 aromatic carbocycles. The molecule has 0 amide bonds. The number of nitrogens with one attached hydrogen (secondary N) is 2. The fraction of sp³-hybridized carbons (Fsp3) is 0.400. The third-order valence-corrected chi connectivity index (χ3v) is 4.19. The van der Waals surface area contributed by atoms with Gasteiger partial charge in [-0.15, -0.1) is 24.0 Å². The lowest BCUT2D eigenvalue weighted by molar-refractivity contribution is 0.597. The molecule has 0 aliphatic heterocycles. The summed E-state index contributed by atoms with van der Waals surface area (Å²) < 4.78 is 1.74. The van der Waals surface area contributed by atoms with Crippen LogP contribution < -0.4 is 16.2 Å². The number of aromatic nitrogens is 1. The van der Waals surface area contributed by atoms with E-state index in [0.29, 0.717) is 0 Å². The van der Waals surface area contributed by atoms with Crippen molar-refractivity contribution in [3.63, 3.8) is 0 Å². The Balaban J connectivity index is 0.00000364. The number of aliphatic imine (C=N–C) groups is 1. The van der Waals surface area contributed by atoms with Gasteiger partial charge in [0.25, 0.3) is 0 Å². The minimum Gasteiger partial charge on any atom is -0.357 e. The molecule has 0 saturated heterocycles. The lowest BCUT2D eigenvalue weighted by Crippen LogP contribution is -2.38. The van der Waals surface area contributed by atoms with Gasteiger partial charge in [0, 0.05) is 43.5 Å². The molecule has 0 fully saturated rings. The second kappa shape index (κ2) is 13.6. The van der Waals surface area contributed by atoms with Crippen LogP contribution in [0.4, 0.5) is 0 Å². The molecule has 0 radical (unpaired) electrons. The maximum atomic E-state index is 11.6. The van der Waals surface area contributed by atoms with E-state index in [-0.39, 0.29) is 29.5 Å². The molecule has 0 spiro atoms. The van der Waals surface area contributed by atoms with Gasteiger partial charge in [-0.2, -0.15) is 0 Å². The molecule has 2 rings (SSSR count). The van der Waals surface area contributed by atoms with Crippen molar-refractivity contribution in [1.29, 1.82) is 0 Å². The quantitative estimate of drug-likeness (QED) is 0.238.